The molecule has 0 heterocycles. The Morgan fingerprint density at radius 3 is 1.22 bits per heavy atom. The summed E-state index contributed by atoms with van der Waals surface area (Å²) in [5.74, 6) is 3.08. The van der Waals surface area contributed by atoms with E-state index in [4.69, 9.17) is 20.9 Å². The number of nitrogens with two attached hydrogens (primary N) is 2. The van der Waals surface area contributed by atoms with E-state index in [1.165, 1.54) is 22.3 Å². The van der Waals surface area contributed by atoms with E-state index in [0.29, 0.717) is 11.4 Å². The highest BCUT2D eigenvalue weighted by molar-refractivity contribution is 5.88. The van der Waals surface area contributed by atoms with Crippen molar-refractivity contribution in [2.75, 3.05) is 11.5 Å². The number of ether oxygens (including phenoxy) is 2. The van der Waals surface area contributed by atoms with E-state index >= 15 is 0 Å². The molecule has 7 rings (SSSR count). The number of rotatable bonds is 6. The van der Waals surface area contributed by atoms with Crippen LogP contribution in [0.3, 0.4) is 0 Å². The number of benzene rings is 6. The molecule has 6 aromatic rings. The third kappa shape index (κ3) is 4.70. The molecule has 4 heteroatoms. The lowest BCUT2D eigenvalue weighted by Gasteiger charge is -2.37. The topological polar surface area (TPSA) is 70.5 Å². The number of nitrogen functional groups attached to an aromatic ring is 2. The maximum Gasteiger partial charge on any atom is 0.135 e. The van der Waals surface area contributed by atoms with Crippen LogP contribution in [0.5, 0.6) is 23.0 Å². The summed E-state index contributed by atoms with van der Waals surface area (Å²) in [6, 6.07) is 41.6. The minimum atomic E-state index is -0.757. The molecule has 222 valence electrons. The number of hydrogen-bond acceptors (Lipinski definition) is 4. The van der Waals surface area contributed by atoms with Gasteiger partial charge in [-0.25, -0.2) is 0 Å². The van der Waals surface area contributed by atoms with Crippen molar-refractivity contribution in [3.8, 4) is 34.1 Å². The molecule has 45 heavy (non-hydrogen) atoms. The Hall–Kier alpha value is -5.48. The van der Waals surface area contributed by atoms with E-state index < -0.39 is 5.41 Å². The number of hydrogen-bond donors (Lipinski definition) is 2. The third-order valence-electron chi connectivity index (χ3n) is 8.80. The van der Waals surface area contributed by atoms with Gasteiger partial charge in [-0.3, -0.25) is 0 Å². The van der Waals surface area contributed by atoms with E-state index in [0.717, 1.165) is 56.4 Å². The Bertz CT molecular complexity index is 1910. The van der Waals surface area contributed by atoms with E-state index in [2.05, 4.69) is 100 Å². The fourth-order valence-electron chi connectivity index (χ4n) is 7.00. The quantitative estimate of drug-likeness (QED) is 0.190. The maximum absolute atomic E-state index is 6.86. The lowest BCUT2D eigenvalue weighted by Crippen LogP contribution is -2.30. The summed E-state index contributed by atoms with van der Waals surface area (Å²) in [5, 5.41) is 0. The van der Waals surface area contributed by atoms with Crippen molar-refractivity contribution in [2.45, 2.75) is 33.1 Å². The van der Waals surface area contributed by atoms with E-state index in [1.807, 2.05) is 48.5 Å². The molecule has 4 N–H and O–H groups in total. The molecule has 0 spiro atoms. The molecule has 6 aromatic carbocycles. The molecule has 0 bridgehead atoms. The fourth-order valence-corrected chi connectivity index (χ4v) is 7.00. The first-order valence-corrected chi connectivity index (χ1v) is 15.3. The van der Waals surface area contributed by atoms with Crippen LogP contribution < -0.4 is 20.9 Å². The highest BCUT2D eigenvalue weighted by Crippen LogP contribution is 2.61. The molecule has 0 aliphatic heterocycles. The van der Waals surface area contributed by atoms with E-state index in [1.54, 1.807) is 0 Å². The van der Waals surface area contributed by atoms with Gasteiger partial charge in [-0.2, -0.15) is 0 Å². The van der Waals surface area contributed by atoms with Crippen LogP contribution in [0.25, 0.3) is 11.1 Å². The van der Waals surface area contributed by atoms with Crippen molar-refractivity contribution >= 4 is 11.4 Å². The molecule has 0 saturated carbocycles. The van der Waals surface area contributed by atoms with Gasteiger partial charge in [-0.15, -0.1) is 0 Å². The van der Waals surface area contributed by atoms with Gasteiger partial charge in [0.1, 0.15) is 23.0 Å². The summed E-state index contributed by atoms with van der Waals surface area (Å²) < 4.78 is 13.7. The predicted octanol–water partition coefficient (Wildman–Crippen LogP) is 10.0. The summed E-state index contributed by atoms with van der Waals surface area (Å²) in [4.78, 5) is 0. The first kappa shape index (κ1) is 28.3. The monoisotopic (exact) mass is 588 g/mol. The van der Waals surface area contributed by atoms with Crippen LogP contribution in [-0.4, -0.2) is 0 Å². The predicted molar refractivity (Wildman–Crippen MR) is 185 cm³/mol. The van der Waals surface area contributed by atoms with Crippen molar-refractivity contribution in [3.63, 3.8) is 0 Å². The van der Waals surface area contributed by atoms with Crippen molar-refractivity contribution in [2.24, 2.45) is 0 Å². The Morgan fingerprint density at radius 2 is 0.822 bits per heavy atom. The largest absolute Gasteiger partial charge is 0.457 e. The molecule has 0 aromatic heterocycles. The van der Waals surface area contributed by atoms with Crippen molar-refractivity contribution in [3.05, 3.63) is 166 Å². The Balaban J connectivity index is 1.61. The Labute approximate surface area is 264 Å². The second-order valence-electron chi connectivity index (χ2n) is 12.1. The van der Waals surface area contributed by atoms with Crippen LogP contribution in [0, 0.1) is 27.7 Å². The smallest absolute Gasteiger partial charge is 0.135 e. The second-order valence-corrected chi connectivity index (χ2v) is 12.1. The van der Waals surface area contributed by atoms with Crippen LogP contribution in [0.1, 0.15) is 44.5 Å². The van der Waals surface area contributed by atoms with Gasteiger partial charge in [-0.05, 0) is 110 Å². The molecule has 0 saturated heterocycles. The van der Waals surface area contributed by atoms with Gasteiger partial charge in [0, 0.05) is 22.5 Å². The first-order valence-electron chi connectivity index (χ1n) is 15.3. The molecule has 0 fully saturated rings. The third-order valence-corrected chi connectivity index (χ3v) is 8.80. The van der Waals surface area contributed by atoms with Crippen LogP contribution >= 0.6 is 0 Å². The summed E-state index contributed by atoms with van der Waals surface area (Å²) in [6.07, 6.45) is 0. The molecule has 0 radical (unpaired) electrons. The number of aryl methyl sites for hydroxylation is 4. The zero-order chi connectivity index (χ0) is 31.3. The Morgan fingerprint density at radius 1 is 0.444 bits per heavy atom. The minimum Gasteiger partial charge on any atom is -0.457 e. The summed E-state index contributed by atoms with van der Waals surface area (Å²) in [5.41, 5.74) is 24.0. The average Bonchev–Trinajstić information content (AvgIpc) is 3.32. The summed E-state index contributed by atoms with van der Waals surface area (Å²) >= 11 is 0. The van der Waals surface area contributed by atoms with Crippen LogP contribution in [0.4, 0.5) is 11.4 Å². The van der Waals surface area contributed by atoms with Crippen molar-refractivity contribution in [1.82, 2.24) is 0 Å². The average molecular weight is 589 g/mol. The lowest BCUT2D eigenvalue weighted by molar-refractivity contribution is 0.453. The molecule has 1 aliphatic rings. The zero-order valence-electron chi connectivity index (χ0n) is 26.0. The van der Waals surface area contributed by atoms with Gasteiger partial charge in [0.15, 0.2) is 0 Å². The summed E-state index contributed by atoms with van der Waals surface area (Å²) in [6.45, 7) is 8.54. The van der Waals surface area contributed by atoms with Gasteiger partial charge in [0.25, 0.3) is 0 Å². The van der Waals surface area contributed by atoms with E-state index in [9.17, 15) is 0 Å². The highest BCUT2D eigenvalue weighted by Gasteiger charge is 2.50. The van der Waals surface area contributed by atoms with Crippen LogP contribution in [0.2, 0.25) is 0 Å². The normalized spacial score (nSPS) is 12.8. The number of anilines is 2. The lowest BCUT2D eigenvalue weighted by atomic mass is 9.66. The van der Waals surface area contributed by atoms with Gasteiger partial charge >= 0.3 is 0 Å². The molecule has 1 aliphatic carbocycles. The SMILES string of the molecule is Cc1cc(C)c(Oc2ccc(N)cc2)c(C2(c3cc(C)cc(C)c3Oc3ccc(N)cc3)c3ccccc3-c3ccccc32)c1. The molecule has 4 nitrogen and oxygen atoms in total. The van der Waals surface area contributed by atoms with Crippen LogP contribution in [0.15, 0.2) is 121 Å². The van der Waals surface area contributed by atoms with Crippen molar-refractivity contribution < 1.29 is 9.47 Å². The van der Waals surface area contributed by atoms with Gasteiger partial charge in [0.2, 0.25) is 0 Å². The Kier molecular flexibility index (Phi) is 6.86. The van der Waals surface area contributed by atoms with Crippen molar-refractivity contribution in [1.29, 1.82) is 0 Å². The van der Waals surface area contributed by atoms with Gasteiger partial charge < -0.3 is 20.9 Å². The number of fused-ring (bicyclic) bond motifs is 3. The molecule has 0 amide bonds. The van der Waals surface area contributed by atoms with E-state index in [-0.39, 0.29) is 0 Å². The standard InChI is InChI=1S/C41H36N2O2/c1-25-21-27(3)39(44-31-17-13-29(42)14-18-31)37(23-25)41(35-11-7-5-9-33(35)34-10-6-8-12-36(34)41)38-24-26(2)22-28(4)40(38)45-32-19-15-30(43)16-20-32/h5-24H,42-43H2,1-4H3. The molecular weight excluding hydrogens is 552 g/mol. The minimum absolute atomic E-state index is 0.693. The summed E-state index contributed by atoms with van der Waals surface area (Å²) in [7, 11) is 0. The van der Waals surface area contributed by atoms with Gasteiger partial charge in [0.05, 0.1) is 5.41 Å². The van der Waals surface area contributed by atoms with Gasteiger partial charge in [-0.1, -0.05) is 83.9 Å². The highest BCUT2D eigenvalue weighted by atomic mass is 16.5. The first-order chi connectivity index (χ1) is 21.8. The molecule has 0 unspecified atom stereocenters. The maximum atomic E-state index is 6.86. The molecule has 0 atom stereocenters. The molecular formula is C41H36N2O2. The zero-order valence-corrected chi connectivity index (χ0v) is 26.0. The van der Waals surface area contributed by atoms with Crippen LogP contribution in [-0.2, 0) is 5.41 Å². The fraction of sp³-hybridized carbons (Fsp3) is 0.122. The second kappa shape index (κ2) is 10.9.